The van der Waals surface area contributed by atoms with Gasteiger partial charge in [0.25, 0.3) is 0 Å². The molecule has 0 aromatic rings. The normalized spacial score (nSPS) is 14.1. The Balaban J connectivity index is 1.66. The van der Waals surface area contributed by atoms with Crippen molar-refractivity contribution in [1.82, 2.24) is 5.32 Å². The molecule has 1 rings (SSSR count). The van der Waals surface area contributed by atoms with E-state index in [1.807, 2.05) is 0 Å². The van der Waals surface area contributed by atoms with E-state index >= 15 is 0 Å². The van der Waals surface area contributed by atoms with Crippen molar-refractivity contribution >= 4 is 6.09 Å². The van der Waals surface area contributed by atoms with Crippen molar-refractivity contribution in [3.8, 4) is 0 Å². The van der Waals surface area contributed by atoms with Crippen molar-refractivity contribution in [3.63, 3.8) is 0 Å². The Labute approximate surface area is 169 Å². The zero-order chi connectivity index (χ0) is 19.4. The van der Waals surface area contributed by atoms with Gasteiger partial charge in [0.15, 0.2) is 0 Å². The zero-order valence-electron chi connectivity index (χ0n) is 18.2. The Morgan fingerprint density at radius 2 is 1.19 bits per heavy atom. The van der Waals surface area contributed by atoms with Crippen LogP contribution in [0.15, 0.2) is 0 Å². The van der Waals surface area contributed by atoms with Crippen LogP contribution in [0.2, 0.25) is 0 Å². The number of carbonyl (C=O) groups excluding carboxylic acids is 1. The second kappa shape index (κ2) is 18.6. The van der Waals surface area contributed by atoms with Gasteiger partial charge in [0, 0.05) is 6.54 Å². The molecule has 0 saturated heterocycles. The first kappa shape index (κ1) is 24.3. The van der Waals surface area contributed by atoms with Crippen molar-refractivity contribution in [3.05, 3.63) is 0 Å². The zero-order valence-corrected chi connectivity index (χ0v) is 18.2. The molecule has 0 heterocycles. The third kappa shape index (κ3) is 16.0. The van der Waals surface area contributed by atoms with Gasteiger partial charge < -0.3 is 10.1 Å². The molecule has 1 N–H and O–H groups in total. The number of carbonyl (C=O) groups is 1. The van der Waals surface area contributed by atoms with E-state index < -0.39 is 0 Å². The topological polar surface area (TPSA) is 38.3 Å². The monoisotopic (exact) mass is 381 g/mol. The summed E-state index contributed by atoms with van der Waals surface area (Å²) in [4.78, 5) is 11.5. The maximum absolute atomic E-state index is 11.5. The maximum Gasteiger partial charge on any atom is 0.407 e. The molecule has 1 aliphatic rings. The van der Waals surface area contributed by atoms with E-state index in [2.05, 4.69) is 12.2 Å². The predicted octanol–water partition coefficient (Wildman–Crippen LogP) is 7.77. The smallest absolute Gasteiger partial charge is 0.407 e. The lowest BCUT2D eigenvalue weighted by atomic mass is 9.86. The number of rotatable bonds is 19. The minimum absolute atomic E-state index is 0.220. The molecule has 0 spiro atoms. The van der Waals surface area contributed by atoms with Gasteiger partial charge in [0.2, 0.25) is 0 Å². The summed E-state index contributed by atoms with van der Waals surface area (Å²) in [5, 5.41) is 2.87. The van der Waals surface area contributed by atoms with Crippen LogP contribution in [0, 0.1) is 5.92 Å². The van der Waals surface area contributed by atoms with Crippen molar-refractivity contribution in [2.45, 2.75) is 129 Å². The van der Waals surface area contributed by atoms with E-state index in [0.29, 0.717) is 12.5 Å². The van der Waals surface area contributed by atoms with Crippen LogP contribution in [0.1, 0.15) is 129 Å². The lowest BCUT2D eigenvalue weighted by Gasteiger charge is -2.24. The highest BCUT2D eigenvalue weighted by atomic mass is 16.5. The number of alkyl carbamates (subject to hydrolysis) is 1. The van der Waals surface area contributed by atoms with Crippen molar-refractivity contribution < 1.29 is 9.53 Å². The van der Waals surface area contributed by atoms with E-state index in [4.69, 9.17) is 4.74 Å². The Kier molecular flexibility index (Phi) is 16.8. The average Bonchev–Trinajstić information content (AvgIpc) is 2.63. The van der Waals surface area contributed by atoms with E-state index in [9.17, 15) is 4.79 Å². The summed E-state index contributed by atoms with van der Waals surface area (Å²) in [5.41, 5.74) is 0. The molecule has 27 heavy (non-hydrogen) atoms. The summed E-state index contributed by atoms with van der Waals surface area (Å²) < 4.78 is 5.22. The summed E-state index contributed by atoms with van der Waals surface area (Å²) in [6.07, 6.45) is 25.6. The van der Waals surface area contributed by atoms with Gasteiger partial charge in [-0.15, -0.1) is 0 Å². The van der Waals surface area contributed by atoms with Gasteiger partial charge in [-0.1, -0.05) is 110 Å². The molecule has 0 bridgehead atoms. The molecule has 1 saturated carbocycles. The fourth-order valence-corrected chi connectivity index (χ4v) is 3.77. The molecule has 3 nitrogen and oxygen atoms in total. The Bertz CT molecular complexity index is 328. The average molecular weight is 382 g/mol. The molecular weight excluding hydrogens is 334 g/mol. The maximum atomic E-state index is 11.5. The van der Waals surface area contributed by atoms with Crippen molar-refractivity contribution in [2.75, 3.05) is 13.2 Å². The third-order valence-electron chi connectivity index (χ3n) is 5.97. The first-order valence-corrected chi connectivity index (χ1v) is 12.2. The number of hydrogen-bond donors (Lipinski definition) is 1. The first-order valence-electron chi connectivity index (χ1n) is 12.2. The first-order chi connectivity index (χ1) is 13.3. The number of unbranched alkanes of at least 4 members (excludes halogenated alkanes) is 15. The molecule has 0 aromatic carbocycles. The van der Waals surface area contributed by atoms with Gasteiger partial charge in [-0.05, 0) is 25.2 Å². The molecule has 0 aromatic heterocycles. The number of amides is 1. The molecule has 0 unspecified atom stereocenters. The molecule has 3 heteroatoms. The van der Waals surface area contributed by atoms with Crippen LogP contribution >= 0.6 is 0 Å². The molecule has 1 amide bonds. The molecule has 1 aliphatic carbocycles. The number of nitrogens with one attached hydrogen (secondary N) is 1. The molecular formula is C24H47NO2. The Morgan fingerprint density at radius 3 is 1.59 bits per heavy atom. The highest BCUT2D eigenvalue weighted by Crippen LogP contribution is 2.26. The minimum atomic E-state index is -0.220. The lowest BCUT2D eigenvalue weighted by molar-refractivity contribution is 0.104. The highest BCUT2D eigenvalue weighted by Gasteiger charge is 2.18. The molecule has 1 fully saturated rings. The van der Waals surface area contributed by atoms with Crippen LogP contribution < -0.4 is 5.32 Å². The summed E-state index contributed by atoms with van der Waals surface area (Å²) in [6, 6.07) is 0. The predicted molar refractivity (Wildman–Crippen MR) is 116 cm³/mol. The van der Waals surface area contributed by atoms with Gasteiger partial charge in [0.05, 0.1) is 6.61 Å². The van der Waals surface area contributed by atoms with Crippen LogP contribution in [0.25, 0.3) is 0 Å². The van der Waals surface area contributed by atoms with Gasteiger partial charge in [0.1, 0.15) is 0 Å². The van der Waals surface area contributed by atoms with Crippen LogP contribution in [0.4, 0.5) is 4.79 Å². The number of ether oxygens (including phenoxy) is 1. The van der Waals surface area contributed by atoms with Crippen LogP contribution in [-0.2, 0) is 4.74 Å². The second-order valence-corrected chi connectivity index (χ2v) is 8.63. The summed E-state index contributed by atoms with van der Waals surface area (Å²) in [7, 11) is 0. The SMILES string of the molecule is CCCCCCCCCCCCCCCCCCNC(=O)OCC1CCC1. The quantitative estimate of drug-likeness (QED) is 0.232. The summed E-state index contributed by atoms with van der Waals surface area (Å²) in [5.74, 6) is 0.631. The van der Waals surface area contributed by atoms with E-state index in [-0.39, 0.29) is 6.09 Å². The number of hydrogen-bond acceptors (Lipinski definition) is 2. The van der Waals surface area contributed by atoms with Crippen LogP contribution in [0.3, 0.4) is 0 Å². The molecule has 0 atom stereocenters. The Hall–Kier alpha value is -0.730. The fourth-order valence-electron chi connectivity index (χ4n) is 3.77. The largest absolute Gasteiger partial charge is 0.449 e. The molecule has 0 aliphatic heterocycles. The van der Waals surface area contributed by atoms with Crippen LogP contribution in [-0.4, -0.2) is 19.2 Å². The second-order valence-electron chi connectivity index (χ2n) is 8.63. The minimum Gasteiger partial charge on any atom is -0.449 e. The van der Waals surface area contributed by atoms with Gasteiger partial charge in [-0.2, -0.15) is 0 Å². The fraction of sp³-hybridized carbons (Fsp3) is 0.958. The van der Waals surface area contributed by atoms with Crippen molar-refractivity contribution in [1.29, 1.82) is 0 Å². The lowest BCUT2D eigenvalue weighted by Crippen LogP contribution is -2.28. The summed E-state index contributed by atoms with van der Waals surface area (Å²) >= 11 is 0. The van der Waals surface area contributed by atoms with E-state index in [1.54, 1.807) is 0 Å². The van der Waals surface area contributed by atoms with Gasteiger partial charge in [-0.25, -0.2) is 4.79 Å². The standard InChI is InChI=1S/C24H47NO2/c1-2-3-4-5-6-7-8-9-10-11-12-13-14-15-16-17-21-25-24(26)27-22-23-19-18-20-23/h23H,2-22H2,1H3,(H,25,26). The van der Waals surface area contributed by atoms with Crippen LogP contribution in [0.5, 0.6) is 0 Å². The van der Waals surface area contributed by atoms with Gasteiger partial charge >= 0.3 is 6.09 Å². The van der Waals surface area contributed by atoms with E-state index in [0.717, 1.165) is 13.0 Å². The molecule has 160 valence electrons. The molecule has 0 radical (unpaired) electrons. The third-order valence-corrected chi connectivity index (χ3v) is 5.97. The van der Waals surface area contributed by atoms with Crippen molar-refractivity contribution in [2.24, 2.45) is 5.92 Å². The highest BCUT2D eigenvalue weighted by molar-refractivity contribution is 5.67. The van der Waals surface area contributed by atoms with E-state index in [1.165, 1.54) is 116 Å². The Morgan fingerprint density at radius 1 is 0.741 bits per heavy atom. The summed E-state index contributed by atoms with van der Waals surface area (Å²) in [6.45, 7) is 3.67. The van der Waals surface area contributed by atoms with Gasteiger partial charge in [-0.3, -0.25) is 0 Å².